The molecule has 2 rings (SSSR count). The van der Waals surface area contributed by atoms with Crippen LogP contribution in [0.15, 0.2) is 0 Å². The van der Waals surface area contributed by atoms with Gasteiger partial charge in [0.1, 0.15) is 0 Å². The Labute approximate surface area is 64.0 Å². The quantitative estimate of drug-likeness (QED) is 0.482. The third-order valence-electron chi connectivity index (χ3n) is 4.24. The molecule has 0 aromatic rings. The van der Waals surface area contributed by atoms with E-state index in [1.54, 1.807) is 0 Å². The fourth-order valence-corrected chi connectivity index (χ4v) is 3.07. The molecule has 2 fully saturated rings. The zero-order valence-electron chi connectivity index (χ0n) is 7.19. The third kappa shape index (κ3) is 0.681. The maximum Gasteiger partial charge on any atom is -0.0241 e. The lowest BCUT2D eigenvalue weighted by Gasteiger charge is -2.22. The molecule has 0 amide bonds. The zero-order valence-corrected chi connectivity index (χ0v) is 7.19. The average molecular weight is 138 g/mol. The van der Waals surface area contributed by atoms with Crippen LogP contribution in [0.25, 0.3) is 0 Å². The molecule has 2 aliphatic rings. The van der Waals surface area contributed by atoms with Gasteiger partial charge in [0.25, 0.3) is 0 Å². The molecule has 0 radical (unpaired) electrons. The van der Waals surface area contributed by atoms with Crippen molar-refractivity contribution in [2.24, 2.45) is 17.3 Å². The second kappa shape index (κ2) is 1.99. The SMILES string of the molecule is CC1C(C)C12CCCCC2. The molecule has 2 saturated carbocycles. The van der Waals surface area contributed by atoms with Crippen LogP contribution in [-0.4, -0.2) is 0 Å². The molecule has 1 spiro atoms. The molecular formula is C10H18. The van der Waals surface area contributed by atoms with Crippen LogP contribution in [0.2, 0.25) is 0 Å². The van der Waals surface area contributed by atoms with Gasteiger partial charge in [0.05, 0.1) is 0 Å². The van der Waals surface area contributed by atoms with Gasteiger partial charge in [-0.15, -0.1) is 0 Å². The average Bonchev–Trinajstić information content (AvgIpc) is 2.45. The van der Waals surface area contributed by atoms with E-state index in [0.29, 0.717) is 0 Å². The summed E-state index contributed by atoms with van der Waals surface area (Å²) in [4.78, 5) is 0. The van der Waals surface area contributed by atoms with Crippen molar-refractivity contribution in [2.45, 2.75) is 46.0 Å². The van der Waals surface area contributed by atoms with Crippen LogP contribution in [0.4, 0.5) is 0 Å². The minimum Gasteiger partial charge on any atom is -0.0617 e. The van der Waals surface area contributed by atoms with Crippen molar-refractivity contribution in [3.63, 3.8) is 0 Å². The standard InChI is InChI=1S/C10H18/c1-8-9(2)10(8)6-4-3-5-7-10/h8-9H,3-7H2,1-2H3. The monoisotopic (exact) mass is 138 g/mol. The summed E-state index contributed by atoms with van der Waals surface area (Å²) in [6.45, 7) is 4.88. The van der Waals surface area contributed by atoms with Crippen LogP contribution in [0.1, 0.15) is 46.0 Å². The highest BCUT2D eigenvalue weighted by atomic mass is 14.6. The van der Waals surface area contributed by atoms with Crippen molar-refractivity contribution in [1.29, 1.82) is 0 Å². The maximum absolute atomic E-state index is 2.44. The van der Waals surface area contributed by atoms with Gasteiger partial charge in [-0.25, -0.2) is 0 Å². The molecular weight excluding hydrogens is 120 g/mol. The van der Waals surface area contributed by atoms with Crippen molar-refractivity contribution >= 4 is 0 Å². The van der Waals surface area contributed by atoms with Crippen molar-refractivity contribution in [1.82, 2.24) is 0 Å². The van der Waals surface area contributed by atoms with E-state index < -0.39 is 0 Å². The zero-order chi connectivity index (χ0) is 7.19. The highest BCUT2D eigenvalue weighted by molar-refractivity contribution is 5.06. The first-order chi connectivity index (χ1) is 4.77. The van der Waals surface area contributed by atoms with E-state index in [1.807, 2.05) is 0 Å². The summed E-state index contributed by atoms with van der Waals surface area (Å²) in [5.41, 5.74) is 0.845. The highest BCUT2D eigenvalue weighted by Gasteiger charge is 2.57. The number of hydrogen-bond acceptors (Lipinski definition) is 0. The summed E-state index contributed by atoms with van der Waals surface area (Å²) in [5, 5.41) is 0. The predicted octanol–water partition coefficient (Wildman–Crippen LogP) is 3.22. The molecule has 10 heavy (non-hydrogen) atoms. The molecule has 0 saturated heterocycles. The Kier molecular flexibility index (Phi) is 1.33. The van der Waals surface area contributed by atoms with Gasteiger partial charge in [-0.1, -0.05) is 33.1 Å². The Morgan fingerprint density at radius 3 is 1.70 bits per heavy atom. The second-order valence-corrected chi connectivity index (χ2v) is 4.37. The molecule has 0 heterocycles. The van der Waals surface area contributed by atoms with E-state index in [9.17, 15) is 0 Å². The smallest absolute Gasteiger partial charge is 0.0241 e. The lowest BCUT2D eigenvalue weighted by Crippen LogP contribution is -2.09. The van der Waals surface area contributed by atoms with Gasteiger partial charge < -0.3 is 0 Å². The van der Waals surface area contributed by atoms with Gasteiger partial charge >= 0.3 is 0 Å². The maximum atomic E-state index is 2.44. The van der Waals surface area contributed by atoms with Crippen molar-refractivity contribution < 1.29 is 0 Å². The predicted molar refractivity (Wildman–Crippen MR) is 43.8 cm³/mol. The Bertz CT molecular complexity index is 121. The minimum atomic E-state index is 0.845. The highest BCUT2D eigenvalue weighted by Crippen LogP contribution is 2.65. The molecule has 58 valence electrons. The lowest BCUT2D eigenvalue weighted by molar-refractivity contribution is 0.298. The molecule has 2 unspecified atom stereocenters. The van der Waals surface area contributed by atoms with Gasteiger partial charge in [0.15, 0.2) is 0 Å². The van der Waals surface area contributed by atoms with Crippen molar-refractivity contribution in [2.75, 3.05) is 0 Å². The van der Waals surface area contributed by atoms with Gasteiger partial charge in [-0.05, 0) is 30.1 Å². The fourth-order valence-electron chi connectivity index (χ4n) is 3.07. The van der Waals surface area contributed by atoms with Crippen LogP contribution >= 0.6 is 0 Å². The summed E-state index contributed by atoms with van der Waals surface area (Å²) in [6, 6.07) is 0. The van der Waals surface area contributed by atoms with E-state index in [2.05, 4.69) is 13.8 Å². The molecule has 0 heteroatoms. The first kappa shape index (κ1) is 6.69. The van der Waals surface area contributed by atoms with Crippen LogP contribution < -0.4 is 0 Å². The molecule has 2 atom stereocenters. The lowest BCUT2D eigenvalue weighted by atomic mass is 9.83. The molecule has 0 aromatic heterocycles. The summed E-state index contributed by atoms with van der Waals surface area (Å²) in [6.07, 6.45) is 7.59. The largest absolute Gasteiger partial charge is 0.0617 e. The Morgan fingerprint density at radius 2 is 1.40 bits per heavy atom. The molecule has 0 N–H and O–H groups in total. The minimum absolute atomic E-state index is 0.845. The van der Waals surface area contributed by atoms with E-state index in [1.165, 1.54) is 32.1 Å². The van der Waals surface area contributed by atoms with Crippen molar-refractivity contribution in [3.05, 3.63) is 0 Å². The number of rotatable bonds is 0. The van der Waals surface area contributed by atoms with E-state index in [-0.39, 0.29) is 0 Å². The third-order valence-corrected chi connectivity index (χ3v) is 4.24. The Morgan fingerprint density at radius 1 is 0.900 bits per heavy atom. The van der Waals surface area contributed by atoms with E-state index in [4.69, 9.17) is 0 Å². The van der Waals surface area contributed by atoms with Gasteiger partial charge in [0.2, 0.25) is 0 Å². The van der Waals surface area contributed by atoms with Crippen LogP contribution in [-0.2, 0) is 0 Å². The van der Waals surface area contributed by atoms with Crippen LogP contribution in [0, 0.1) is 17.3 Å². The van der Waals surface area contributed by atoms with Gasteiger partial charge in [-0.3, -0.25) is 0 Å². The molecule has 0 bridgehead atoms. The molecule has 2 aliphatic carbocycles. The number of hydrogen-bond donors (Lipinski definition) is 0. The first-order valence-corrected chi connectivity index (χ1v) is 4.77. The summed E-state index contributed by atoms with van der Waals surface area (Å²) in [7, 11) is 0. The first-order valence-electron chi connectivity index (χ1n) is 4.77. The van der Waals surface area contributed by atoms with Crippen molar-refractivity contribution in [3.8, 4) is 0 Å². The molecule has 0 aromatic carbocycles. The summed E-state index contributed by atoms with van der Waals surface area (Å²) >= 11 is 0. The topological polar surface area (TPSA) is 0 Å². The normalized spacial score (nSPS) is 43.8. The van der Waals surface area contributed by atoms with Gasteiger partial charge in [0, 0.05) is 0 Å². The van der Waals surface area contributed by atoms with Crippen LogP contribution in [0.3, 0.4) is 0 Å². The Hall–Kier alpha value is 0. The molecule has 0 aliphatic heterocycles. The van der Waals surface area contributed by atoms with Gasteiger partial charge in [-0.2, -0.15) is 0 Å². The summed E-state index contributed by atoms with van der Waals surface area (Å²) in [5.74, 6) is 2.10. The van der Waals surface area contributed by atoms with E-state index in [0.717, 1.165) is 17.3 Å². The molecule has 0 nitrogen and oxygen atoms in total. The Balaban J connectivity index is 2.03. The summed E-state index contributed by atoms with van der Waals surface area (Å²) < 4.78 is 0. The second-order valence-electron chi connectivity index (χ2n) is 4.37. The van der Waals surface area contributed by atoms with E-state index >= 15 is 0 Å². The van der Waals surface area contributed by atoms with Crippen LogP contribution in [0.5, 0.6) is 0 Å². The fraction of sp³-hybridized carbons (Fsp3) is 1.00.